The molecule has 0 bridgehead atoms. The molecular weight excluding hydrogens is 527 g/mol. The van der Waals surface area contributed by atoms with Crippen molar-refractivity contribution in [3.63, 3.8) is 0 Å². The molecule has 1 aliphatic rings. The number of fused-ring (bicyclic) bond motifs is 1. The van der Waals surface area contributed by atoms with Crippen molar-refractivity contribution in [3.05, 3.63) is 48.2 Å². The number of thioether (sulfide) groups is 1. The Hall–Kier alpha value is -3.49. The molecule has 0 spiro atoms. The first kappa shape index (κ1) is 28.5. The molecular formula is C28H32F3N5O2S. The summed E-state index contributed by atoms with van der Waals surface area (Å²) < 4.78 is 46.4. The first-order chi connectivity index (χ1) is 18.6. The molecule has 0 radical (unpaired) electrons. The van der Waals surface area contributed by atoms with Crippen LogP contribution in [0.2, 0.25) is 0 Å². The van der Waals surface area contributed by atoms with E-state index in [4.69, 9.17) is 10.5 Å². The van der Waals surface area contributed by atoms with Gasteiger partial charge in [0.05, 0.1) is 31.4 Å². The predicted molar refractivity (Wildman–Crippen MR) is 150 cm³/mol. The summed E-state index contributed by atoms with van der Waals surface area (Å²) in [5, 5.41) is 7.47. The Morgan fingerprint density at radius 2 is 1.95 bits per heavy atom. The summed E-state index contributed by atoms with van der Waals surface area (Å²) in [6.07, 6.45) is 0.681. The minimum Gasteiger partial charge on any atom is -0.495 e. The molecule has 0 saturated carbocycles. The average Bonchev–Trinajstić information content (AvgIpc) is 3.28. The van der Waals surface area contributed by atoms with Crippen molar-refractivity contribution >= 4 is 39.9 Å². The van der Waals surface area contributed by atoms with Crippen LogP contribution in [0.5, 0.6) is 5.75 Å². The molecule has 2 aromatic carbocycles. The molecule has 0 unspecified atom stereocenters. The van der Waals surface area contributed by atoms with Gasteiger partial charge in [0, 0.05) is 46.9 Å². The number of ether oxygens (including phenoxy) is 1. The van der Waals surface area contributed by atoms with Gasteiger partial charge >= 0.3 is 6.18 Å². The number of carbonyl (C=O) groups excluding carboxylic acids is 1. The second-order valence-corrected chi connectivity index (χ2v) is 10.3. The topological polar surface area (TPSA) is 84.6 Å². The molecule has 4 N–H and O–H groups in total. The van der Waals surface area contributed by atoms with Crippen LogP contribution in [0.4, 0.5) is 24.5 Å². The molecule has 1 amide bonds. The third kappa shape index (κ3) is 7.77. The standard InChI is InChI=1S/C28H32F3N5O2S/c1-38-26-16-21(39-2)5-6-23(26)33-10-3-4-19-14-24(34-20-7-11-35(12-8-20)17-27(32)37)22-9-13-36(25(22)15-19)18-28(29,30)31/h5-6,9,13-16,20,33-34H,7-8,10-12,17-18H2,1-2H3,(H2,32,37). The maximum absolute atomic E-state index is 13.2. The number of rotatable bonds is 9. The van der Waals surface area contributed by atoms with E-state index in [1.807, 2.05) is 35.4 Å². The average molecular weight is 560 g/mol. The first-order valence-corrected chi connectivity index (χ1v) is 13.8. The third-order valence-electron chi connectivity index (χ3n) is 6.57. The van der Waals surface area contributed by atoms with E-state index in [0.717, 1.165) is 29.1 Å². The molecule has 0 aliphatic carbocycles. The molecule has 0 atom stereocenters. The lowest BCUT2D eigenvalue weighted by Crippen LogP contribution is -2.42. The van der Waals surface area contributed by atoms with Crippen LogP contribution in [0.1, 0.15) is 18.4 Å². The highest BCUT2D eigenvalue weighted by atomic mass is 32.2. The van der Waals surface area contributed by atoms with E-state index in [1.165, 1.54) is 10.8 Å². The first-order valence-electron chi connectivity index (χ1n) is 12.6. The zero-order valence-electron chi connectivity index (χ0n) is 21.9. The van der Waals surface area contributed by atoms with Crippen LogP contribution in [-0.2, 0) is 11.3 Å². The second kappa shape index (κ2) is 12.6. The minimum atomic E-state index is -4.34. The van der Waals surface area contributed by atoms with E-state index in [0.29, 0.717) is 41.9 Å². The van der Waals surface area contributed by atoms with Gasteiger partial charge < -0.3 is 25.7 Å². The highest BCUT2D eigenvalue weighted by Gasteiger charge is 2.29. The normalized spacial score (nSPS) is 14.6. The number of nitrogens with zero attached hydrogens (tertiary/aromatic N) is 2. The summed E-state index contributed by atoms with van der Waals surface area (Å²) in [5.41, 5.74) is 7.95. The van der Waals surface area contributed by atoms with Crippen LogP contribution in [0.25, 0.3) is 10.9 Å². The zero-order chi connectivity index (χ0) is 28.0. The van der Waals surface area contributed by atoms with E-state index in [2.05, 4.69) is 22.5 Å². The maximum Gasteiger partial charge on any atom is 0.406 e. The number of likely N-dealkylation sites (tertiary alicyclic amines) is 1. The minimum absolute atomic E-state index is 0.116. The zero-order valence-corrected chi connectivity index (χ0v) is 22.7. The number of hydrogen-bond donors (Lipinski definition) is 3. The summed E-state index contributed by atoms with van der Waals surface area (Å²) in [4.78, 5) is 14.3. The molecule has 11 heteroatoms. The van der Waals surface area contributed by atoms with Crippen molar-refractivity contribution in [3.8, 4) is 17.6 Å². The molecule has 1 aliphatic heterocycles. The van der Waals surface area contributed by atoms with Crippen LogP contribution in [0.3, 0.4) is 0 Å². The SMILES string of the molecule is COc1cc(SC)ccc1NCC#Cc1cc(NC2CCN(CC(N)=O)CC2)c2ccn(CC(F)(F)F)c2c1. The van der Waals surface area contributed by atoms with Crippen LogP contribution >= 0.6 is 11.8 Å². The number of halogens is 3. The predicted octanol–water partition coefficient (Wildman–Crippen LogP) is 4.76. The van der Waals surface area contributed by atoms with Gasteiger partial charge in [0.2, 0.25) is 5.91 Å². The fraction of sp³-hybridized carbons (Fsp3) is 0.393. The van der Waals surface area contributed by atoms with Gasteiger partial charge in [0.15, 0.2) is 0 Å². The second-order valence-electron chi connectivity index (χ2n) is 9.40. The number of hydrogen-bond acceptors (Lipinski definition) is 6. The molecule has 1 aromatic heterocycles. The lowest BCUT2D eigenvalue weighted by molar-refractivity contribution is -0.139. The van der Waals surface area contributed by atoms with E-state index in [-0.39, 0.29) is 18.5 Å². The van der Waals surface area contributed by atoms with Crippen LogP contribution in [-0.4, -0.2) is 67.1 Å². The number of aromatic nitrogens is 1. The van der Waals surface area contributed by atoms with Crippen molar-refractivity contribution in [1.82, 2.24) is 9.47 Å². The number of benzene rings is 2. The van der Waals surface area contributed by atoms with Crippen molar-refractivity contribution in [2.45, 2.75) is 36.5 Å². The van der Waals surface area contributed by atoms with E-state index < -0.39 is 12.7 Å². The van der Waals surface area contributed by atoms with Gasteiger partial charge in [-0.2, -0.15) is 13.2 Å². The van der Waals surface area contributed by atoms with Crippen LogP contribution in [0, 0.1) is 11.8 Å². The number of carbonyl (C=O) groups is 1. The Morgan fingerprint density at radius 3 is 2.62 bits per heavy atom. The summed E-state index contributed by atoms with van der Waals surface area (Å²) in [6.45, 7) is 0.907. The van der Waals surface area contributed by atoms with Gasteiger partial charge in [-0.1, -0.05) is 11.8 Å². The quantitative estimate of drug-likeness (QED) is 0.259. The Morgan fingerprint density at radius 1 is 1.18 bits per heavy atom. The largest absolute Gasteiger partial charge is 0.495 e. The van der Waals surface area contributed by atoms with E-state index >= 15 is 0 Å². The van der Waals surface area contributed by atoms with Crippen molar-refractivity contribution < 1.29 is 22.7 Å². The summed E-state index contributed by atoms with van der Waals surface area (Å²) >= 11 is 1.62. The van der Waals surface area contributed by atoms with Gasteiger partial charge in [0.25, 0.3) is 0 Å². The Bertz CT molecular complexity index is 1370. The molecule has 2 heterocycles. The number of nitrogens with two attached hydrogens (primary N) is 1. The summed E-state index contributed by atoms with van der Waals surface area (Å²) in [7, 11) is 1.61. The van der Waals surface area contributed by atoms with Crippen molar-refractivity contribution in [1.29, 1.82) is 0 Å². The third-order valence-corrected chi connectivity index (χ3v) is 7.30. The Labute approximate surface area is 230 Å². The lowest BCUT2D eigenvalue weighted by atomic mass is 10.0. The molecule has 208 valence electrons. The van der Waals surface area contributed by atoms with Crippen LogP contribution < -0.4 is 21.1 Å². The summed E-state index contributed by atoms with van der Waals surface area (Å²) in [6, 6.07) is 11.3. The van der Waals surface area contributed by atoms with E-state index in [1.54, 1.807) is 31.0 Å². The molecule has 1 saturated heterocycles. The number of anilines is 2. The molecule has 1 fully saturated rings. The smallest absolute Gasteiger partial charge is 0.406 e. The Balaban J connectivity index is 1.54. The van der Waals surface area contributed by atoms with E-state index in [9.17, 15) is 18.0 Å². The Kier molecular flexibility index (Phi) is 9.20. The van der Waals surface area contributed by atoms with Gasteiger partial charge in [0.1, 0.15) is 12.3 Å². The number of methoxy groups -OCH3 is 1. The van der Waals surface area contributed by atoms with Crippen molar-refractivity contribution in [2.75, 3.05) is 50.2 Å². The molecule has 4 rings (SSSR count). The van der Waals surface area contributed by atoms with Gasteiger partial charge in [-0.25, -0.2) is 0 Å². The van der Waals surface area contributed by atoms with Crippen LogP contribution in [0.15, 0.2) is 47.5 Å². The monoisotopic (exact) mass is 559 g/mol. The number of amides is 1. The number of alkyl halides is 3. The fourth-order valence-electron chi connectivity index (χ4n) is 4.72. The lowest BCUT2D eigenvalue weighted by Gasteiger charge is -2.32. The fourth-order valence-corrected chi connectivity index (χ4v) is 5.15. The number of piperidine rings is 1. The van der Waals surface area contributed by atoms with Crippen molar-refractivity contribution in [2.24, 2.45) is 5.73 Å². The summed E-state index contributed by atoms with van der Waals surface area (Å²) in [5.74, 6) is 6.53. The highest BCUT2D eigenvalue weighted by molar-refractivity contribution is 7.98. The number of nitrogens with one attached hydrogen (secondary N) is 2. The van der Waals surface area contributed by atoms with Gasteiger partial charge in [-0.3, -0.25) is 9.69 Å². The maximum atomic E-state index is 13.2. The molecule has 39 heavy (non-hydrogen) atoms. The van der Waals surface area contributed by atoms with Gasteiger partial charge in [-0.15, -0.1) is 11.8 Å². The molecule has 7 nitrogen and oxygen atoms in total. The van der Waals surface area contributed by atoms with Gasteiger partial charge in [-0.05, 0) is 55.5 Å². The molecule has 3 aromatic rings. The highest BCUT2D eigenvalue weighted by Crippen LogP contribution is 2.31. The number of primary amides is 1.